The molecule has 0 aromatic carbocycles. The highest BCUT2D eigenvalue weighted by Crippen LogP contribution is 2.24. The summed E-state index contributed by atoms with van der Waals surface area (Å²) in [5.41, 5.74) is 1.40. The zero-order valence-corrected chi connectivity index (χ0v) is 15.0. The fraction of sp³-hybridized carbons (Fsp3) is 0.111. The van der Waals surface area contributed by atoms with Gasteiger partial charge in [0, 0.05) is 25.0 Å². The maximum Gasteiger partial charge on any atom is 0.295 e. The minimum Gasteiger partial charge on any atom is -0.364 e. The van der Waals surface area contributed by atoms with Crippen LogP contribution in [0.2, 0.25) is 0 Å². The molecular formula is C18H15N5O3S. The normalized spacial score (nSPS) is 11.0. The van der Waals surface area contributed by atoms with Gasteiger partial charge in [0.05, 0.1) is 17.1 Å². The standard InChI is InChI=1S/C18H15N5O3S/c1-2-6-23-14(15-4-3-8-27-15)11-22-10-13(20-16(22)18(23)25)17(24)19-9-12-5-7-26-21-12/h2-5,7-8,10-11H,1,6,9H2,(H,19,24). The number of thiophene rings is 1. The van der Waals surface area contributed by atoms with E-state index in [0.717, 1.165) is 10.6 Å². The highest BCUT2D eigenvalue weighted by Gasteiger charge is 2.17. The molecule has 0 aliphatic carbocycles. The lowest BCUT2D eigenvalue weighted by Gasteiger charge is -2.10. The summed E-state index contributed by atoms with van der Waals surface area (Å²) in [7, 11) is 0. The number of nitrogens with zero attached hydrogens (tertiary/aromatic N) is 4. The second-order valence-electron chi connectivity index (χ2n) is 5.73. The van der Waals surface area contributed by atoms with E-state index in [2.05, 4.69) is 22.0 Å². The Hall–Kier alpha value is -3.46. The van der Waals surface area contributed by atoms with Crippen LogP contribution in [0.5, 0.6) is 0 Å². The third kappa shape index (κ3) is 3.20. The highest BCUT2D eigenvalue weighted by molar-refractivity contribution is 7.13. The molecule has 0 unspecified atom stereocenters. The second-order valence-corrected chi connectivity index (χ2v) is 6.67. The molecule has 1 amide bonds. The van der Waals surface area contributed by atoms with Crippen LogP contribution in [0, 0.1) is 0 Å². The molecule has 0 aliphatic heterocycles. The van der Waals surface area contributed by atoms with Crippen LogP contribution in [0.25, 0.3) is 16.2 Å². The van der Waals surface area contributed by atoms with Crippen molar-refractivity contribution in [3.63, 3.8) is 0 Å². The van der Waals surface area contributed by atoms with Gasteiger partial charge in [0.1, 0.15) is 17.7 Å². The van der Waals surface area contributed by atoms with Gasteiger partial charge in [-0.05, 0) is 11.4 Å². The lowest BCUT2D eigenvalue weighted by Crippen LogP contribution is -2.24. The van der Waals surface area contributed by atoms with E-state index in [1.807, 2.05) is 17.5 Å². The van der Waals surface area contributed by atoms with E-state index in [1.165, 1.54) is 17.6 Å². The van der Waals surface area contributed by atoms with Crippen molar-refractivity contribution in [2.75, 3.05) is 0 Å². The number of carbonyl (C=O) groups is 1. The molecule has 8 nitrogen and oxygen atoms in total. The van der Waals surface area contributed by atoms with Crippen LogP contribution in [-0.2, 0) is 13.1 Å². The predicted octanol–water partition coefficient (Wildman–Crippen LogP) is 2.33. The molecule has 9 heteroatoms. The summed E-state index contributed by atoms with van der Waals surface area (Å²) in [6.07, 6.45) is 6.43. The summed E-state index contributed by atoms with van der Waals surface area (Å²) in [4.78, 5) is 30.4. The molecule has 0 saturated carbocycles. The number of hydrogen-bond acceptors (Lipinski definition) is 6. The zero-order valence-electron chi connectivity index (χ0n) is 14.2. The number of aromatic nitrogens is 4. The van der Waals surface area contributed by atoms with Gasteiger partial charge in [-0.25, -0.2) is 4.98 Å². The quantitative estimate of drug-likeness (QED) is 0.517. The van der Waals surface area contributed by atoms with Crippen LogP contribution >= 0.6 is 11.3 Å². The number of rotatable bonds is 6. The third-order valence-corrected chi connectivity index (χ3v) is 4.85. The summed E-state index contributed by atoms with van der Waals surface area (Å²) in [6, 6.07) is 5.52. The molecule has 1 N–H and O–H groups in total. The predicted molar refractivity (Wildman–Crippen MR) is 101 cm³/mol. The van der Waals surface area contributed by atoms with E-state index >= 15 is 0 Å². The smallest absolute Gasteiger partial charge is 0.295 e. The third-order valence-electron chi connectivity index (χ3n) is 3.96. The van der Waals surface area contributed by atoms with E-state index in [0.29, 0.717) is 12.2 Å². The molecule has 0 saturated heterocycles. The fourth-order valence-electron chi connectivity index (χ4n) is 2.71. The van der Waals surface area contributed by atoms with Crippen molar-refractivity contribution in [1.29, 1.82) is 0 Å². The van der Waals surface area contributed by atoms with E-state index in [-0.39, 0.29) is 23.4 Å². The summed E-state index contributed by atoms with van der Waals surface area (Å²) >= 11 is 1.53. The number of hydrogen-bond donors (Lipinski definition) is 1. The Bertz CT molecular complexity index is 1160. The van der Waals surface area contributed by atoms with Gasteiger partial charge in [0.2, 0.25) is 5.65 Å². The van der Waals surface area contributed by atoms with Gasteiger partial charge in [-0.3, -0.25) is 18.6 Å². The van der Waals surface area contributed by atoms with Gasteiger partial charge < -0.3 is 9.84 Å². The van der Waals surface area contributed by atoms with Crippen molar-refractivity contribution < 1.29 is 9.32 Å². The van der Waals surface area contributed by atoms with Crippen LogP contribution in [0.1, 0.15) is 16.2 Å². The lowest BCUT2D eigenvalue weighted by molar-refractivity contribution is 0.0945. The monoisotopic (exact) mass is 381 g/mol. The molecule has 0 aliphatic rings. The number of imidazole rings is 1. The Kier molecular flexibility index (Phi) is 4.43. The summed E-state index contributed by atoms with van der Waals surface area (Å²) in [6.45, 7) is 4.28. The minimum atomic E-state index is -0.394. The van der Waals surface area contributed by atoms with Crippen molar-refractivity contribution >= 4 is 22.9 Å². The first-order valence-corrected chi connectivity index (χ1v) is 9.00. The molecular weight excluding hydrogens is 366 g/mol. The maximum atomic E-state index is 12.9. The van der Waals surface area contributed by atoms with Gasteiger partial charge in [-0.15, -0.1) is 17.9 Å². The van der Waals surface area contributed by atoms with E-state index in [9.17, 15) is 9.59 Å². The Morgan fingerprint density at radius 1 is 1.37 bits per heavy atom. The van der Waals surface area contributed by atoms with Crippen molar-refractivity contribution in [2.45, 2.75) is 13.1 Å². The average molecular weight is 381 g/mol. The first-order valence-electron chi connectivity index (χ1n) is 8.12. The average Bonchev–Trinajstić information content (AvgIpc) is 3.42. The molecule has 136 valence electrons. The lowest BCUT2D eigenvalue weighted by atomic mass is 10.3. The summed E-state index contributed by atoms with van der Waals surface area (Å²) in [5.74, 6) is -0.394. The van der Waals surface area contributed by atoms with Crippen LogP contribution in [-0.4, -0.2) is 25.0 Å². The maximum absolute atomic E-state index is 12.9. The minimum absolute atomic E-state index is 0.157. The SMILES string of the molecule is C=CCn1c(-c2cccs2)cn2cc(C(=O)NCc3ccon3)nc2c1=O. The number of amides is 1. The van der Waals surface area contributed by atoms with Gasteiger partial charge in [-0.1, -0.05) is 17.3 Å². The number of carbonyl (C=O) groups excluding carboxylic acids is 1. The highest BCUT2D eigenvalue weighted by atomic mass is 32.1. The number of allylic oxidation sites excluding steroid dienone is 1. The van der Waals surface area contributed by atoms with Crippen molar-refractivity contribution in [2.24, 2.45) is 0 Å². The molecule has 4 aromatic rings. The van der Waals surface area contributed by atoms with Gasteiger partial charge in [-0.2, -0.15) is 0 Å². The second kappa shape index (κ2) is 7.04. The fourth-order valence-corrected chi connectivity index (χ4v) is 3.46. The Morgan fingerprint density at radius 2 is 2.26 bits per heavy atom. The molecule has 0 fully saturated rings. The van der Waals surface area contributed by atoms with Crippen LogP contribution < -0.4 is 10.9 Å². The van der Waals surface area contributed by atoms with Gasteiger partial charge in [0.25, 0.3) is 11.5 Å². The van der Waals surface area contributed by atoms with E-state index in [4.69, 9.17) is 4.52 Å². The molecule has 4 rings (SSSR count). The molecule has 27 heavy (non-hydrogen) atoms. The summed E-state index contributed by atoms with van der Waals surface area (Å²) in [5, 5.41) is 8.38. The molecule has 0 radical (unpaired) electrons. The Morgan fingerprint density at radius 3 is 2.96 bits per heavy atom. The first kappa shape index (κ1) is 17.0. The molecule has 0 atom stereocenters. The zero-order chi connectivity index (χ0) is 18.8. The molecule has 4 aromatic heterocycles. The molecule has 0 bridgehead atoms. The van der Waals surface area contributed by atoms with Crippen molar-refractivity contribution in [3.05, 3.63) is 76.6 Å². The van der Waals surface area contributed by atoms with Gasteiger partial charge >= 0.3 is 0 Å². The largest absolute Gasteiger partial charge is 0.364 e. The molecule has 0 spiro atoms. The Labute approximate surface area is 157 Å². The van der Waals surface area contributed by atoms with E-state index in [1.54, 1.807) is 33.5 Å². The van der Waals surface area contributed by atoms with Crippen LogP contribution in [0.15, 0.2) is 64.2 Å². The van der Waals surface area contributed by atoms with Crippen molar-refractivity contribution in [3.8, 4) is 10.6 Å². The van der Waals surface area contributed by atoms with Crippen LogP contribution in [0.3, 0.4) is 0 Å². The van der Waals surface area contributed by atoms with Crippen LogP contribution in [0.4, 0.5) is 0 Å². The first-order chi connectivity index (χ1) is 13.2. The topological polar surface area (TPSA) is 94.4 Å². The number of nitrogens with one attached hydrogen (secondary N) is 1. The number of fused-ring (bicyclic) bond motifs is 1. The Balaban J connectivity index is 1.73. The molecule has 4 heterocycles. The van der Waals surface area contributed by atoms with Gasteiger partial charge in [0.15, 0.2) is 0 Å². The van der Waals surface area contributed by atoms with Crippen molar-refractivity contribution in [1.82, 2.24) is 24.4 Å². The summed E-state index contributed by atoms with van der Waals surface area (Å²) < 4.78 is 7.91. The van der Waals surface area contributed by atoms with E-state index < -0.39 is 5.91 Å².